The van der Waals surface area contributed by atoms with E-state index in [1.165, 1.54) is 5.56 Å². The summed E-state index contributed by atoms with van der Waals surface area (Å²) in [7, 11) is 1.72. The van der Waals surface area contributed by atoms with Crippen molar-refractivity contribution in [2.75, 3.05) is 26.2 Å². The Morgan fingerprint density at radius 1 is 1.39 bits per heavy atom. The zero-order chi connectivity index (χ0) is 13.0. The van der Waals surface area contributed by atoms with Crippen molar-refractivity contribution in [2.45, 2.75) is 13.5 Å². The molecule has 0 unspecified atom stereocenters. The molecule has 1 saturated heterocycles. The predicted octanol–water partition coefficient (Wildman–Crippen LogP) is 2.77. The van der Waals surface area contributed by atoms with Gasteiger partial charge in [0.1, 0.15) is 10.1 Å². The molecule has 1 fully saturated rings. The van der Waals surface area contributed by atoms with E-state index in [4.69, 9.17) is 17.0 Å². The molecule has 1 aromatic rings. The van der Waals surface area contributed by atoms with E-state index < -0.39 is 0 Å². The highest BCUT2D eigenvalue weighted by Crippen LogP contribution is 2.24. The molecule has 1 heterocycles. The molecule has 0 saturated carbocycles. The summed E-state index contributed by atoms with van der Waals surface area (Å²) < 4.78 is 6.40. The maximum atomic E-state index is 5.39. The lowest BCUT2D eigenvalue weighted by Gasteiger charge is -2.36. The summed E-state index contributed by atoms with van der Waals surface area (Å²) in [5.41, 5.74) is 1.23. The SMILES string of the molecule is CCN1CN(Cc2ccccc2OC)CSC1=S. The number of nitrogens with zero attached hydrogens (tertiary/aromatic N) is 2. The molecule has 0 radical (unpaired) electrons. The molecular formula is C13H18N2OS2. The first-order valence-corrected chi connectivity index (χ1v) is 7.40. The lowest BCUT2D eigenvalue weighted by molar-refractivity contribution is 0.208. The van der Waals surface area contributed by atoms with E-state index in [-0.39, 0.29) is 0 Å². The number of thiocarbonyl (C=S) groups is 1. The number of rotatable bonds is 4. The molecule has 98 valence electrons. The largest absolute Gasteiger partial charge is 0.496 e. The lowest BCUT2D eigenvalue weighted by atomic mass is 10.2. The highest BCUT2D eigenvalue weighted by atomic mass is 32.2. The summed E-state index contributed by atoms with van der Waals surface area (Å²) in [5, 5.41) is 0. The van der Waals surface area contributed by atoms with Crippen molar-refractivity contribution in [1.82, 2.24) is 9.80 Å². The third-order valence-electron chi connectivity index (χ3n) is 2.97. The number of methoxy groups -OCH3 is 1. The zero-order valence-corrected chi connectivity index (χ0v) is 12.4. The molecule has 0 aromatic heterocycles. The number of benzene rings is 1. The minimum atomic E-state index is 0.899. The topological polar surface area (TPSA) is 15.7 Å². The van der Waals surface area contributed by atoms with Gasteiger partial charge in [0.15, 0.2) is 0 Å². The number of thioether (sulfide) groups is 1. The normalized spacial score (nSPS) is 17.0. The van der Waals surface area contributed by atoms with Gasteiger partial charge in [0.25, 0.3) is 0 Å². The second-order valence-electron chi connectivity index (χ2n) is 4.18. The Labute approximate surface area is 118 Å². The van der Waals surface area contributed by atoms with Crippen molar-refractivity contribution in [3.8, 4) is 5.75 Å². The van der Waals surface area contributed by atoms with Gasteiger partial charge in [-0.3, -0.25) is 4.90 Å². The molecule has 3 nitrogen and oxygen atoms in total. The molecule has 1 aliphatic heterocycles. The van der Waals surface area contributed by atoms with Crippen LogP contribution in [-0.2, 0) is 6.54 Å². The van der Waals surface area contributed by atoms with E-state index in [1.54, 1.807) is 18.9 Å². The van der Waals surface area contributed by atoms with Crippen molar-refractivity contribution in [3.05, 3.63) is 29.8 Å². The van der Waals surface area contributed by atoms with Gasteiger partial charge in [0.05, 0.1) is 19.7 Å². The van der Waals surface area contributed by atoms with Crippen LogP contribution in [0.5, 0.6) is 5.75 Å². The van der Waals surface area contributed by atoms with Crippen LogP contribution < -0.4 is 4.74 Å². The Morgan fingerprint density at radius 3 is 2.89 bits per heavy atom. The van der Waals surface area contributed by atoms with E-state index in [2.05, 4.69) is 28.9 Å². The van der Waals surface area contributed by atoms with Gasteiger partial charge in [-0.2, -0.15) is 0 Å². The molecule has 0 N–H and O–H groups in total. The molecule has 2 rings (SSSR count). The van der Waals surface area contributed by atoms with Crippen molar-refractivity contribution in [1.29, 1.82) is 0 Å². The number of para-hydroxylation sites is 1. The minimum Gasteiger partial charge on any atom is -0.496 e. The predicted molar refractivity (Wildman–Crippen MR) is 80.8 cm³/mol. The third kappa shape index (κ3) is 3.16. The number of hydrogen-bond acceptors (Lipinski definition) is 4. The van der Waals surface area contributed by atoms with Crippen LogP contribution in [0.25, 0.3) is 0 Å². The van der Waals surface area contributed by atoms with Crippen molar-refractivity contribution < 1.29 is 4.74 Å². The van der Waals surface area contributed by atoms with Crippen LogP contribution >= 0.6 is 24.0 Å². The first kappa shape index (κ1) is 13.6. The highest BCUT2D eigenvalue weighted by molar-refractivity contribution is 8.22. The molecule has 1 aliphatic rings. The van der Waals surface area contributed by atoms with E-state index in [9.17, 15) is 0 Å². The summed E-state index contributed by atoms with van der Waals surface area (Å²) in [6.07, 6.45) is 0. The first-order chi connectivity index (χ1) is 8.74. The van der Waals surface area contributed by atoms with Crippen molar-refractivity contribution in [3.63, 3.8) is 0 Å². The van der Waals surface area contributed by atoms with Crippen molar-refractivity contribution in [2.24, 2.45) is 0 Å². The molecule has 5 heteroatoms. The van der Waals surface area contributed by atoms with Crippen LogP contribution in [0.2, 0.25) is 0 Å². The second-order valence-corrected chi connectivity index (χ2v) is 5.76. The van der Waals surface area contributed by atoms with Crippen LogP contribution in [0.15, 0.2) is 24.3 Å². The fraction of sp³-hybridized carbons (Fsp3) is 0.462. The van der Waals surface area contributed by atoms with Gasteiger partial charge in [0.2, 0.25) is 0 Å². The van der Waals surface area contributed by atoms with Crippen LogP contribution in [0.1, 0.15) is 12.5 Å². The smallest absolute Gasteiger partial charge is 0.138 e. The average Bonchev–Trinajstić information content (AvgIpc) is 2.41. The lowest BCUT2D eigenvalue weighted by Crippen LogP contribution is -2.44. The van der Waals surface area contributed by atoms with Gasteiger partial charge in [0, 0.05) is 18.7 Å². The summed E-state index contributed by atoms with van der Waals surface area (Å²) >= 11 is 7.06. The Bertz CT molecular complexity index is 425. The highest BCUT2D eigenvalue weighted by Gasteiger charge is 2.21. The molecular weight excluding hydrogens is 264 g/mol. The maximum Gasteiger partial charge on any atom is 0.138 e. The summed E-state index contributed by atoms with van der Waals surface area (Å²) in [4.78, 5) is 4.60. The fourth-order valence-electron chi connectivity index (χ4n) is 1.98. The van der Waals surface area contributed by atoms with Gasteiger partial charge in [-0.05, 0) is 13.0 Å². The summed E-state index contributed by atoms with van der Waals surface area (Å²) in [5.74, 6) is 1.91. The Morgan fingerprint density at radius 2 is 2.17 bits per heavy atom. The van der Waals surface area contributed by atoms with Gasteiger partial charge in [-0.25, -0.2) is 0 Å². The van der Waals surface area contributed by atoms with Gasteiger partial charge >= 0.3 is 0 Å². The molecule has 0 amide bonds. The standard InChI is InChI=1S/C13H18N2OS2/c1-3-15-9-14(10-18-13(15)17)8-11-6-4-5-7-12(11)16-2/h4-7H,3,8-10H2,1-2H3. The molecule has 0 bridgehead atoms. The van der Waals surface area contributed by atoms with E-state index in [0.717, 1.165) is 35.7 Å². The van der Waals surface area contributed by atoms with Gasteiger partial charge < -0.3 is 9.64 Å². The Balaban J connectivity index is 2.03. The quantitative estimate of drug-likeness (QED) is 0.787. The minimum absolute atomic E-state index is 0.899. The summed E-state index contributed by atoms with van der Waals surface area (Å²) in [6, 6.07) is 8.18. The maximum absolute atomic E-state index is 5.39. The monoisotopic (exact) mass is 282 g/mol. The average molecular weight is 282 g/mol. The number of ether oxygens (including phenoxy) is 1. The molecule has 1 aromatic carbocycles. The van der Waals surface area contributed by atoms with E-state index >= 15 is 0 Å². The Kier molecular flexibility index (Phi) is 4.86. The first-order valence-electron chi connectivity index (χ1n) is 6.00. The number of hydrogen-bond donors (Lipinski definition) is 0. The summed E-state index contributed by atoms with van der Waals surface area (Å²) in [6.45, 7) is 4.91. The second kappa shape index (κ2) is 6.41. The van der Waals surface area contributed by atoms with Crippen LogP contribution in [0.3, 0.4) is 0 Å². The fourth-order valence-corrected chi connectivity index (χ4v) is 3.16. The van der Waals surface area contributed by atoms with E-state index in [0.29, 0.717) is 0 Å². The molecule has 0 spiro atoms. The van der Waals surface area contributed by atoms with Gasteiger partial charge in [-0.15, -0.1) is 0 Å². The van der Waals surface area contributed by atoms with Crippen LogP contribution in [0, 0.1) is 0 Å². The van der Waals surface area contributed by atoms with Gasteiger partial charge in [-0.1, -0.05) is 42.2 Å². The van der Waals surface area contributed by atoms with Crippen LogP contribution in [-0.4, -0.2) is 40.3 Å². The molecule has 0 aliphatic carbocycles. The van der Waals surface area contributed by atoms with E-state index in [1.807, 2.05) is 12.1 Å². The van der Waals surface area contributed by atoms with Crippen LogP contribution in [0.4, 0.5) is 0 Å². The Hall–Kier alpha value is -0.780. The molecule has 18 heavy (non-hydrogen) atoms. The third-order valence-corrected chi connectivity index (χ3v) is 4.58. The zero-order valence-electron chi connectivity index (χ0n) is 10.8. The van der Waals surface area contributed by atoms with Crippen molar-refractivity contribution >= 4 is 28.3 Å². The molecule has 0 atom stereocenters.